The van der Waals surface area contributed by atoms with Crippen molar-refractivity contribution in [2.75, 3.05) is 19.6 Å². The summed E-state index contributed by atoms with van der Waals surface area (Å²) in [4.78, 5) is 20.1. The predicted molar refractivity (Wildman–Crippen MR) is 139 cm³/mol. The Morgan fingerprint density at radius 1 is 1.12 bits per heavy atom. The fourth-order valence-electron chi connectivity index (χ4n) is 3.57. The highest BCUT2D eigenvalue weighted by Gasteiger charge is 2.19. The van der Waals surface area contributed by atoms with E-state index >= 15 is 0 Å². The van der Waals surface area contributed by atoms with Gasteiger partial charge in [-0.1, -0.05) is 63.1 Å². The number of carbonyl (C=O) groups is 1. The van der Waals surface area contributed by atoms with Crippen LogP contribution in [0, 0.1) is 5.92 Å². The molecule has 0 heterocycles. The van der Waals surface area contributed by atoms with Gasteiger partial charge in [0.1, 0.15) is 5.70 Å². The van der Waals surface area contributed by atoms with Crippen LogP contribution in [0.15, 0.2) is 47.1 Å². The summed E-state index contributed by atoms with van der Waals surface area (Å²) in [5, 5.41) is 3.51. The minimum Gasteiger partial charge on any atom is -0.336 e. The van der Waals surface area contributed by atoms with Gasteiger partial charge in [-0.05, 0) is 71.8 Å². The van der Waals surface area contributed by atoms with Crippen molar-refractivity contribution in [1.82, 2.24) is 10.2 Å². The van der Waals surface area contributed by atoms with Crippen LogP contribution in [0.25, 0.3) is 0 Å². The van der Waals surface area contributed by atoms with E-state index in [-0.39, 0.29) is 11.4 Å². The van der Waals surface area contributed by atoms with Crippen molar-refractivity contribution in [2.45, 2.75) is 92.5 Å². The smallest absolute Gasteiger partial charge is 0.272 e. The first-order valence-electron chi connectivity index (χ1n) is 12.5. The molecule has 1 atom stereocenters. The second-order valence-electron chi connectivity index (χ2n) is 9.88. The predicted octanol–water partition coefficient (Wildman–Crippen LogP) is 6.42. The molecule has 0 fully saturated rings. The zero-order valence-electron chi connectivity index (χ0n) is 21.7. The van der Waals surface area contributed by atoms with Crippen molar-refractivity contribution in [3.8, 4) is 0 Å². The van der Waals surface area contributed by atoms with Crippen molar-refractivity contribution in [3.63, 3.8) is 0 Å². The molecule has 0 aromatic heterocycles. The van der Waals surface area contributed by atoms with E-state index in [4.69, 9.17) is 4.99 Å². The summed E-state index contributed by atoms with van der Waals surface area (Å²) in [5.41, 5.74) is 3.02. The number of allylic oxidation sites excluding steroid dienone is 1. The fourth-order valence-corrected chi connectivity index (χ4v) is 3.57. The van der Waals surface area contributed by atoms with Crippen molar-refractivity contribution in [3.05, 3.63) is 47.7 Å². The molecule has 1 amide bonds. The molecule has 0 spiro atoms. The van der Waals surface area contributed by atoms with Crippen LogP contribution in [0.5, 0.6) is 0 Å². The first kappa shape index (κ1) is 28.1. The number of benzene rings is 1. The summed E-state index contributed by atoms with van der Waals surface area (Å²) in [6, 6.07) is 10.6. The average molecular weight is 442 g/mol. The van der Waals surface area contributed by atoms with Crippen LogP contribution in [-0.4, -0.2) is 41.7 Å². The Hall–Kier alpha value is -1.94. The van der Waals surface area contributed by atoms with Gasteiger partial charge in [-0.3, -0.25) is 9.79 Å². The summed E-state index contributed by atoms with van der Waals surface area (Å²) >= 11 is 0. The molecule has 0 saturated heterocycles. The highest BCUT2D eigenvalue weighted by molar-refractivity contribution is 5.97. The molecule has 32 heavy (non-hydrogen) atoms. The van der Waals surface area contributed by atoms with Gasteiger partial charge in [-0.2, -0.15) is 0 Å². The van der Waals surface area contributed by atoms with Crippen molar-refractivity contribution in [1.29, 1.82) is 0 Å². The number of nitrogens with one attached hydrogen (secondary N) is 1. The molecule has 0 aliphatic rings. The fraction of sp³-hybridized carbons (Fsp3) is 0.643. The van der Waals surface area contributed by atoms with E-state index in [0.29, 0.717) is 18.2 Å². The Kier molecular flexibility index (Phi) is 13.2. The molecule has 0 aliphatic heterocycles. The van der Waals surface area contributed by atoms with E-state index in [1.165, 1.54) is 18.4 Å². The molecule has 0 saturated carbocycles. The summed E-state index contributed by atoms with van der Waals surface area (Å²) in [7, 11) is 0. The van der Waals surface area contributed by atoms with Crippen molar-refractivity contribution < 1.29 is 4.79 Å². The third-order valence-electron chi connectivity index (χ3n) is 5.80. The topological polar surface area (TPSA) is 44.7 Å². The maximum atomic E-state index is 13.4. The molecular weight excluding hydrogens is 394 g/mol. The van der Waals surface area contributed by atoms with Crippen LogP contribution < -0.4 is 5.32 Å². The lowest BCUT2D eigenvalue weighted by Crippen LogP contribution is -2.43. The lowest BCUT2D eigenvalue weighted by atomic mass is 10.00. The van der Waals surface area contributed by atoms with Gasteiger partial charge in [0.25, 0.3) is 5.91 Å². The average Bonchev–Trinajstić information content (AvgIpc) is 2.76. The van der Waals surface area contributed by atoms with Crippen LogP contribution in [0.4, 0.5) is 0 Å². The molecule has 4 nitrogen and oxygen atoms in total. The first-order chi connectivity index (χ1) is 15.2. The van der Waals surface area contributed by atoms with E-state index in [0.717, 1.165) is 44.5 Å². The molecule has 1 aromatic rings. The van der Waals surface area contributed by atoms with E-state index < -0.39 is 0 Å². The normalized spacial score (nSPS) is 13.8. The second-order valence-corrected chi connectivity index (χ2v) is 9.88. The Morgan fingerprint density at radius 2 is 1.81 bits per heavy atom. The zero-order chi connectivity index (χ0) is 24.0. The number of hydrogen-bond donors (Lipinski definition) is 1. The van der Waals surface area contributed by atoms with Gasteiger partial charge in [0, 0.05) is 30.9 Å². The van der Waals surface area contributed by atoms with Crippen molar-refractivity contribution >= 4 is 11.6 Å². The first-order valence-corrected chi connectivity index (χ1v) is 12.5. The Balaban J connectivity index is 2.79. The maximum absolute atomic E-state index is 13.4. The third kappa shape index (κ3) is 11.6. The van der Waals surface area contributed by atoms with Crippen LogP contribution >= 0.6 is 0 Å². The Labute approximate surface area is 197 Å². The monoisotopic (exact) mass is 441 g/mol. The van der Waals surface area contributed by atoms with E-state index in [2.05, 4.69) is 77.2 Å². The van der Waals surface area contributed by atoms with E-state index in [1.807, 2.05) is 17.9 Å². The van der Waals surface area contributed by atoms with Crippen LogP contribution in [0.3, 0.4) is 0 Å². The number of nitrogens with zero attached hydrogens (tertiary/aromatic N) is 2. The number of aryl methyl sites for hydroxylation is 1. The van der Waals surface area contributed by atoms with Gasteiger partial charge in [-0.25, -0.2) is 0 Å². The Bertz CT molecular complexity index is 716. The van der Waals surface area contributed by atoms with E-state index in [1.54, 1.807) is 0 Å². The number of unbranched alkanes of at least 4 members (excludes halogenated alkanes) is 2. The molecule has 1 aromatic carbocycles. The van der Waals surface area contributed by atoms with Gasteiger partial charge in [0.15, 0.2) is 0 Å². The molecule has 0 aliphatic carbocycles. The van der Waals surface area contributed by atoms with Gasteiger partial charge >= 0.3 is 0 Å². The van der Waals surface area contributed by atoms with E-state index in [9.17, 15) is 4.79 Å². The SMILES string of the molecule is C/C=C(\N=C(C)C(C)CCCC)C(=O)N(CCCCc1ccccc1)CCNC(C)(C)C. The maximum Gasteiger partial charge on any atom is 0.272 e. The minimum atomic E-state index is 0.0366. The van der Waals surface area contributed by atoms with Crippen LogP contribution in [-0.2, 0) is 11.2 Å². The van der Waals surface area contributed by atoms with Crippen LogP contribution in [0.2, 0.25) is 0 Å². The summed E-state index contributed by atoms with van der Waals surface area (Å²) < 4.78 is 0. The van der Waals surface area contributed by atoms with Gasteiger partial charge in [0.05, 0.1) is 0 Å². The second kappa shape index (κ2) is 15.0. The minimum absolute atomic E-state index is 0.0366. The lowest BCUT2D eigenvalue weighted by Gasteiger charge is -2.27. The lowest BCUT2D eigenvalue weighted by molar-refractivity contribution is -0.127. The summed E-state index contributed by atoms with van der Waals surface area (Å²) in [6.45, 7) is 17.1. The summed E-state index contributed by atoms with van der Waals surface area (Å²) in [6.07, 6.45) is 8.47. The highest BCUT2D eigenvalue weighted by Crippen LogP contribution is 2.14. The van der Waals surface area contributed by atoms with Crippen molar-refractivity contribution in [2.24, 2.45) is 10.9 Å². The number of aliphatic imine (C=N–C) groups is 1. The number of amides is 1. The largest absolute Gasteiger partial charge is 0.336 e. The highest BCUT2D eigenvalue weighted by atomic mass is 16.2. The summed E-state index contributed by atoms with van der Waals surface area (Å²) in [5.74, 6) is 0.449. The zero-order valence-corrected chi connectivity index (χ0v) is 21.7. The Morgan fingerprint density at radius 3 is 2.41 bits per heavy atom. The molecule has 0 bridgehead atoms. The molecule has 1 rings (SSSR count). The number of rotatable bonds is 14. The van der Waals surface area contributed by atoms with Gasteiger partial charge in [0.2, 0.25) is 0 Å². The molecular formula is C28H47N3O. The third-order valence-corrected chi connectivity index (χ3v) is 5.80. The van der Waals surface area contributed by atoms with Gasteiger partial charge in [-0.15, -0.1) is 0 Å². The number of hydrogen-bond acceptors (Lipinski definition) is 3. The molecule has 1 unspecified atom stereocenters. The molecule has 4 heteroatoms. The molecule has 0 radical (unpaired) electrons. The molecule has 1 N–H and O–H groups in total. The standard InChI is InChI=1S/C28H47N3O/c1-8-10-16-23(3)24(4)30-26(9-2)27(32)31(22-20-29-28(5,6)7)21-15-14-19-25-17-12-11-13-18-25/h9,11-13,17-18,23,29H,8,10,14-16,19-22H2,1-7H3/b26-9-,30-24?. The number of carbonyl (C=O) groups excluding carboxylic acids is 1. The van der Waals surface area contributed by atoms with Gasteiger partial charge < -0.3 is 10.2 Å². The van der Waals surface area contributed by atoms with Crippen LogP contribution in [0.1, 0.15) is 86.1 Å². The molecule has 180 valence electrons. The quantitative estimate of drug-likeness (QED) is 0.206.